The number of carbonyl (C=O) groups excluding carboxylic acids is 1. The molecule has 0 radical (unpaired) electrons. The quantitative estimate of drug-likeness (QED) is 0.910. The number of urea groups is 1. The van der Waals surface area contributed by atoms with Gasteiger partial charge in [0.1, 0.15) is 11.6 Å². The maximum absolute atomic E-state index is 12.9. The van der Waals surface area contributed by atoms with E-state index in [9.17, 15) is 9.18 Å². The summed E-state index contributed by atoms with van der Waals surface area (Å²) in [6.07, 6.45) is 7.19. The van der Waals surface area contributed by atoms with E-state index in [4.69, 9.17) is 0 Å². The average molecular weight is 360 g/mol. The molecule has 0 aromatic carbocycles. The Morgan fingerprint density at radius 1 is 1.38 bits per heavy atom. The van der Waals surface area contributed by atoms with E-state index in [0.717, 1.165) is 25.6 Å². The zero-order chi connectivity index (χ0) is 18.7. The molecule has 0 saturated carbocycles. The highest BCUT2D eigenvalue weighted by Crippen LogP contribution is 2.35. The standard InChI is InChI=1S/C18H25FN6O/c1-23-8-4-5-13(17(23)14-9-21-25(3)12-14)11-24(2)18(26)22-16-7-6-15(19)10-20-16/h6-7,9-10,12-13,17H,4-5,8,11H2,1-3H3,(H,20,22,26)/t13-,17+/m0/s1. The molecule has 0 aliphatic carbocycles. The monoisotopic (exact) mass is 360 g/mol. The first-order valence-electron chi connectivity index (χ1n) is 8.76. The van der Waals surface area contributed by atoms with Crippen LogP contribution in [0.5, 0.6) is 0 Å². The molecule has 0 spiro atoms. The molecule has 7 nitrogen and oxygen atoms in total. The van der Waals surface area contributed by atoms with Crippen LogP contribution in [0, 0.1) is 11.7 Å². The summed E-state index contributed by atoms with van der Waals surface area (Å²) in [6.45, 7) is 1.66. The molecule has 1 aliphatic heterocycles. The molecule has 2 aromatic rings. The number of nitrogens with one attached hydrogen (secondary N) is 1. The molecule has 3 heterocycles. The maximum atomic E-state index is 12.9. The number of hydrogen-bond acceptors (Lipinski definition) is 4. The van der Waals surface area contributed by atoms with Crippen LogP contribution in [0.2, 0.25) is 0 Å². The van der Waals surface area contributed by atoms with Gasteiger partial charge in [0, 0.05) is 38.4 Å². The van der Waals surface area contributed by atoms with Gasteiger partial charge in [-0.05, 0) is 44.5 Å². The molecule has 0 unspecified atom stereocenters. The SMILES string of the molecule is CN(C[C@@H]1CCCN(C)[C@H]1c1cnn(C)c1)C(=O)Nc1ccc(F)cn1. The van der Waals surface area contributed by atoms with Gasteiger partial charge in [-0.15, -0.1) is 0 Å². The molecule has 2 aromatic heterocycles. The minimum absolute atomic E-state index is 0.233. The number of pyridine rings is 1. The lowest BCUT2D eigenvalue weighted by Crippen LogP contribution is -2.43. The van der Waals surface area contributed by atoms with Crippen molar-refractivity contribution < 1.29 is 9.18 Å². The summed E-state index contributed by atoms with van der Waals surface area (Å²) in [5, 5.41) is 7.00. The smallest absolute Gasteiger partial charge is 0.322 e. The number of anilines is 1. The van der Waals surface area contributed by atoms with Gasteiger partial charge in [-0.25, -0.2) is 14.2 Å². The van der Waals surface area contributed by atoms with Crippen LogP contribution < -0.4 is 5.32 Å². The summed E-state index contributed by atoms with van der Waals surface area (Å²) in [5.74, 6) is 0.226. The van der Waals surface area contributed by atoms with Crippen LogP contribution in [0.1, 0.15) is 24.4 Å². The van der Waals surface area contributed by atoms with Crippen molar-refractivity contribution in [3.8, 4) is 0 Å². The van der Waals surface area contributed by atoms with Gasteiger partial charge in [0.15, 0.2) is 0 Å². The van der Waals surface area contributed by atoms with Crippen LogP contribution >= 0.6 is 0 Å². The number of piperidine rings is 1. The minimum atomic E-state index is -0.430. The van der Waals surface area contributed by atoms with E-state index in [-0.39, 0.29) is 12.1 Å². The highest BCUT2D eigenvalue weighted by atomic mass is 19.1. The van der Waals surface area contributed by atoms with Crippen molar-refractivity contribution in [3.63, 3.8) is 0 Å². The van der Waals surface area contributed by atoms with E-state index < -0.39 is 5.82 Å². The van der Waals surface area contributed by atoms with Crippen molar-refractivity contribution in [2.24, 2.45) is 13.0 Å². The first-order valence-corrected chi connectivity index (χ1v) is 8.76. The molecule has 1 N–H and O–H groups in total. The lowest BCUT2D eigenvalue weighted by atomic mass is 9.86. The average Bonchev–Trinajstić information content (AvgIpc) is 3.03. The van der Waals surface area contributed by atoms with E-state index in [0.29, 0.717) is 18.3 Å². The lowest BCUT2D eigenvalue weighted by molar-refractivity contribution is 0.101. The van der Waals surface area contributed by atoms with E-state index in [2.05, 4.69) is 27.3 Å². The summed E-state index contributed by atoms with van der Waals surface area (Å²) in [7, 11) is 5.80. The molecule has 3 rings (SSSR count). The number of halogens is 1. The Morgan fingerprint density at radius 2 is 2.19 bits per heavy atom. The third-order valence-electron chi connectivity index (χ3n) is 4.89. The Bertz CT molecular complexity index is 746. The summed E-state index contributed by atoms with van der Waals surface area (Å²) in [5.41, 5.74) is 1.17. The van der Waals surface area contributed by atoms with Gasteiger partial charge in [-0.1, -0.05) is 0 Å². The second-order valence-electron chi connectivity index (χ2n) is 6.95. The maximum Gasteiger partial charge on any atom is 0.322 e. The molecule has 26 heavy (non-hydrogen) atoms. The van der Waals surface area contributed by atoms with Crippen molar-refractivity contribution in [2.75, 3.05) is 32.5 Å². The molecular weight excluding hydrogens is 335 g/mol. The Hall–Kier alpha value is -2.48. The zero-order valence-corrected chi connectivity index (χ0v) is 15.4. The lowest BCUT2D eigenvalue weighted by Gasteiger charge is -2.40. The Balaban J connectivity index is 1.66. The molecule has 1 fully saturated rings. The van der Waals surface area contributed by atoms with Crippen LogP contribution in [0.4, 0.5) is 15.0 Å². The van der Waals surface area contributed by atoms with Crippen LogP contribution in [0.15, 0.2) is 30.7 Å². The molecule has 2 amide bonds. The summed E-state index contributed by atoms with van der Waals surface area (Å²) < 4.78 is 14.7. The number of carbonyl (C=O) groups is 1. The van der Waals surface area contributed by atoms with Gasteiger partial charge in [0.25, 0.3) is 0 Å². The summed E-state index contributed by atoms with van der Waals surface area (Å²) in [6, 6.07) is 2.71. The van der Waals surface area contributed by atoms with Crippen molar-refractivity contribution in [1.82, 2.24) is 24.6 Å². The Morgan fingerprint density at radius 3 is 2.85 bits per heavy atom. The molecular formula is C18H25FN6O. The molecule has 1 saturated heterocycles. The summed E-state index contributed by atoms with van der Waals surface area (Å²) in [4.78, 5) is 20.3. The van der Waals surface area contributed by atoms with Gasteiger partial charge in [0.05, 0.1) is 12.4 Å². The van der Waals surface area contributed by atoms with E-state index in [1.165, 1.54) is 17.7 Å². The van der Waals surface area contributed by atoms with Crippen molar-refractivity contribution in [2.45, 2.75) is 18.9 Å². The van der Waals surface area contributed by atoms with Crippen LogP contribution in [0.3, 0.4) is 0 Å². The number of amides is 2. The van der Waals surface area contributed by atoms with E-state index in [1.54, 1.807) is 11.9 Å². The normalized spacial score (nSPS) is 20.8. The highest BCUT2D eigenvalue weighted by molar-refractivity contribution is 5.88. The third-order valence-corrected chi connectivity index (χ3v) is 4.89. The number of likely N-dealkylation sites (tertiary alicyclic amines) is 1. The topological polar surface area (TPSA) is 66.3 Å². The number of aryl methyl sites for hydroxylation is 1. The third kappa shape index (κ3) is 4.19. The first-order chi connectivity index (χ1) is 12.4. The molecule has 2 atom stereocenters. The summed E-state index contributed by atoms with van der Waals surface area (Å²) >= 11 is 0. The number of nitrogens with zero attached hydrogens (tertiary/aromatic N) is 5. The van der Waals surface area contributed by atoms with Gasteiger partial charge in [0.2, 0.25) is 0 Å². The second kappa shape index (κ2) is 7.82. The van der Waals surface area contributed by atoms with Crippen molar-refractivity contribution >= 4 is 11.8 Å². The van der Waals surface area contributed by atoms with E-state index >= 15 is 0 Å². The number of hydrogen-bond donors (Lipinski definition) is 1. The number of rotatable bonds is 4. The van der Waals surface area contributed by atoms with Gasteiger partial charge in [-0.3, -0.25) is 14.9 Å². The van der Waals surface area contributed by atoms with Crippen molar-refractivity contribution in [3.05, 3.63) is 42.1 Å². The molecule has 140 valence electrons. The zero-order valence-electron chi connectivity index (χ0n) is 15.4. The largest absolute Gasteiger partial charge is 0.327 e. The van der Waals surface area contributed by atoms with Crippen molar-refractivity contribution in [1.29, 1.82) is 0 Å². The fourth-order valence-corrected chi connectivity index (χ4v) is 3.66. The molecule has 1 aliphatic rings. The first kappa shape index (κ1) is 18.3. The highest BCUT2D eigenvalue weighted by Gasteiger charge is 2.32. The van der Waals surface area contributed by atoms with Crippen LogP contribution in [0.25, 0.3) is 0 Å². The Labute approximate surface area is 152 Å². The van der Waals surface area contributed by atoms with Gasteiger partial charge < -0.3 is 4.90 Å². The van der Waals surface area contributed by atoms with Crippen LogP contribution in [-0.4, -0.2) is 57.8 Å². The predicted octanol–water partition coefficient (Wildman–Crippen LogP) is 2.50. The van der Waals surface area contributed by atoms with Gasteiger partial charge in [-0.2, -0.15) is 5.10 Å². The fraction of sp³-hybridized carbons (Fsp3) is 0.500. The van der Waals surface area contributed by atoms with Crippen LogP contribution in [-0.2, 0) is 7.05 Å². The predicted molar refractivity (Wildman–Crippen MR) is 97.1 cm³/mol. The second-order valence-corrected chi connectivity index (χ2v) is 6.95. The molecule has 0 bridgehead atoms. The Kier molecular flexibility index (Phi) is 5.51. The number of aromatic nitrogens is 3. The minimum Gasteiger partial charge on any atom is -0.327 e. The molecule has 8 heteroatoms. The van der Waals surface area contributed by atoms with Gasteiger partial charge >= 0.3 is 6.03 Å². The fourth-order valence-electron chi connectivity index (χ4n) is 3.66. The van der Waals surface area contributed by atoms with E-state index in [1.807, 2.05) is 24.1 Å².